The summed E-state index contributed by atoms with van der Waals surface area (Å²) in [4.78, 5) is 17.5. The molecule has 0 aliphatic heterocycles. The van der Waals surface area contributed by atoms with Gasteiger partial charge in [0.1, 0.15) is 11.6 Å². The highest BCUT2D eigenvalue weighted by atomic mass is 16.6. The standard InChI is InChI=1S/C26H43NO2/c1-18(2)22-13-11-21(12-14-22)15-20(5)16-27-23(19(3)4)24(28)29-26(9,10)17-25(6,7)8/h11-14,16,18-20,23H,15,17H2,1-10H3/b27-16+. The van der Waals surface area contributed by atoms with Gasteiger partial charge in [-0.25, -0.2) is 4.79 Å². The van der Waals surface area contributed by atoms with Crippen LogP contribution in [0, 0.1) is 17.3 Å². The highest BCUT2D eigenvalue weighted by Crippen LogP contribution is 2.30. The number of aliphatic imine (C=N–C) groups is 1. The maximum absolute atomic E-state index is 12.8. The van der Waals surface area contributed by atoms with Crippen LogP contribution in [-0.2, 0) is 16.0 Å². The number of nitrogens with zero attached hydrogens (tertiary/aromatic N) is 1. The van der Waals surface area contributed by atoms with E-state index in [1.807, 2.05) is 33.9 Å². The van der Waals surface area contributed by atoms with E-state index in [-0.39, 0.29) is 23.2 Å². The fraction of sp³-hybridized carbons (Fsp3) is 0.692. The first kappa shape index (κ1) is 25.4. The Balaban J connectivity index is 2.76. The lowest BCUT2D eigenvalue weighted by atomic mass is 9.83. The van der Waals surface area contributed by atoms with Crippen LogP contribution in [0.4, 0.5) is 0 Å². The van der Waals surface area contributed by atoms with Crippen molar-refractivity contribution in [2.45, 2.75) is 99.6 Å². The summed E-state index contributed by atoms with van der Waals surface area (Å²) in [6.45, 7) is 21.1. The molecule has 0 heterocycles. The summed E-state index contributed by atoms with van der Waals surface area (Å²) < 4.78 is 5.87. The predicted octanol–water partition coefficient (Wildman–Crippen LogP) is 6.84. The Morgan fingerprint density at radius 1 is 1.00 bits per heavy atom. The summed E-state index contributed by atoms with van der Waals surface area (Å²) in [5.74, 6) is 0.681. The molecule has 0 aromatic heterocycles. The molecule has 164 valence electrons. The Hall–Kier alpha value is -1.64. The largest absolute Gasteiger partial charge is 0.458 e. The van der Waals surface area contributed by atoms with Crippen molar-refractivity contribution >= 4 is 12.2 Å². The fourth-order valence-corrected chi connectivity index (χ4v) is 3.85. The van der Waals surface area contributed by atoms with Crippen molar-refractivity contribution in [3.63, 3.8) is 0 Å². The van der Waals surface area contributed by atoms with E-state index in [0.29, 0.717) is 5.92 Å². The number of rotatable bonds is 9. The number of carbonyl (C=O) groups is 1. The molecule has 0 aliphatic rings. The van der Waals surface area contributed by atoms with Gasteiger partial charge in [0, 0.05) is 6.21 Å². The Bertz CT molecular complexity index is 663. The molecule has 0 fully saturated rings. The monoisotopic (exact) mass is 401 g/mol. The molecule has 0 spiro atoms. The van der Waals surface area contributed by atoms with E-state index in [4.69, 9.17) is 4.74 Å². The van der Waals surface area contributed by atoms with Crippen LogP contribution in [0.3, 0.4) is 0 Å². The van der Waals surface area contributed by atoms with E-state index in [9.17, 15) is 4.79 Å². The second-order valence-electron chi connectivity index (χ2n) is 11.0. The molecule has 0 aliphatic carbocycles. The van der Waals surface area contributed by atoms with E-state index in [0.717, 1.165) is 12.8 Å². The molecule has 1 rings (SSSR count). The van der Waals surface area contributed by atoms with Crippen LogP contribution in [0.5, 0.6) is 0 Å². The number of hydrogen-bond donors (Lipinski definition) is 0. The molecule has 1 aromatic carbocycles. The summed E-state index contributed by atoms with van der Waals surface area (Å²) in [6.07, 6.45) is 3.65. The van der Waals surface area contributed by atoms with Gasteiger partial charge in [0.05, 0.1) is 0 Å². The van der Waals surface area contributed by atoms with Gasteiger partial charge in [0.25, 0.3) is 0 Å². The quantitative estimate of drug-likeness (QED) is 0.335. The summed E-state index contributed by atoms with van der Waals surface area (Å²) in [6, 6.07) is 8.34. The Morgan fingerprint density at radius 3 is 2.00 bits per heavy atom. The first-order chi connectivity index (χ1) is 13.2. The zero-order valence-corrected chi connectivity index (χ0v) is 20.4. The zero-order valence-electron chi connectivity index (χ0n) is 20.4. The maximum atomic E-state index is 12.8. The molecular formula is C26H43NO2. The van der Waals surface area contributed by atoms with Crippen molar-refractivity contribution < 1.29 is 9.53 Å². The minimum atomic E-state index is -0.498. The van der Waals surface area contributed by atoms with Gasteiger partial charge in [-0.2, -0.15) is 0 Å². The van der Waals surface area contributed by atoms with Crippen LogP contribution in [0.2, 0.25) is 0 Å². The van der Waals surface area contributed by atoms with E-state index in [1.54, 1.807) is 0 Å². The highest BCUT2D eigenvalue weighted by Gasteiger charge is 2.32. The van der Waals surface area contributed by atoms with E-state index in [2.05, 4.69) is 70.8 Å². The van der Waals surface area contributed by atoms with Gasteiger partial charge in [0.2, 0.25) is 0 Å². The van der Waals surface area contributed by atoms with Crippen molar-refractivity contribution in [1.29, 1.82) is 0 Å². The van der Waals surface area contributed by atoms with E-state index < -0.39 is 11.6 Å². The van der Waals surface area contributed by atoms with Crippen molar-refractivity contribution in [2.24, 2.45) is 22.2 Å². The average Bonchev–Trinajstić information content (AvgIpc) is 2.52. The third-order valence-electron chi connectivity index (χ3n) is 4.91. The van der Waals surface area contributed by atoms with Gasteiger partial charge in [0.15, 0.2) is 0 Å². The molecule has 0 saturated carbocycles. The smallest absolute Gasteiger partial charge is 0.331 e. The highest BCUT2D eigenvalue weighted by molar-refractivity contribution is 5.79. The van der Waals surface area contributed by atoms with Crippen LogP contribution in [0.15, 0.2) is 29.3 Å². The molecular weight excluding hydrogens is 358 g/mol. The zero-order chi connectivity index (χ0) is 22.4. The Morgan fingerprint density at radius 2 is 1.55 bits per heavy atom. The molecule has 0 N–H and O–H groups in total. The van der Waals surface area contributed by atoms with Gasteiger partial charge >= 0.3 is 5.97 Å². The number of carbonyl (C=O) groups excluding carboxylic acids is 1. The van der Waals surface area contributed by atoms with Crippen LogP contribution < -0.4 is 0 Å². The lowest BCUT2D eigenvalue weighted by molar-refractivity contribution is -0.161. The number of benzene rings is 1. The van der Waals surface area contributed by atoms with Crippen LogP contribution in [-0.4, -0.2) is 23.8 Å². The minimum absolute atomic E-state index is 0.0972. The van der Waals surface area contributed by atoms with Gasteiger partial charge in [-0.1, -0.05) is 79.7 Å². The van der Waals surface area contributed by atoms with Crippen LogP contribution in [0.1, 0.15) is 92.7 Å². The molecule has 1 aromatic rings. The fourth-order valence-electron chi connectivity index (χ4n) is 3.85. The van der Waals surface area contributed by atoms with Crippen molar-refractivity contribution in [1.82, 2.24) is 0 Å². The Kier molecular flexibility index (Phi) is 9.11. The first-order valence-electron chi connectivity index (χ1n) is 11.0. The topological polar surface area (TPSA) is 38.7 Å². The molecule has 2 atom stereocenters. The summed E-state index contributed by atoms with van der Waals surface area (Å²) in [7, 11) is 0. The predicted molar refractivity (Wildman–Crippen MR) is 125 cm³/mol. The number of esters is 1. The molecule has 0 radical (unpaired) electrons. The molecule has 3 nitrogen and oxygen atoms in total. The SMILES string of the molecule is CC(/C=N/C(C(=O)OC(C)(C)CC(C)(C)C)C(C)C)Cc1ccc(C(C)C)cc1. The molecule has 0 bridgehead atoms. The van der Waals surface area contributed by atoms with Gasteiger partial charge in [-0.05, 0) is 61.0 Å². The Labute approximate surface area is 179 Å². The summed E-state index contributed by atoms with van der Waals surface area (Å²) in [5.41, 5.74) is 2.25. The number of hydrogen-bond acceptors (Lipinski definition) is 3. The lowest BCUT2D eigenvalue weighted by Crippen LogP contribution is -2.38. The minimum Gasteiger partial charge on any atom is -0.458 e. The normalized spacial score (nSPS) is 15.2. The first-order valence-corrected chi connectivity index (χ1v) is 11.0. The average molecular weight is 402 g/mol. The van der Waals surface area contributed by atoms with Crippen LogP contribution >= 0.6 is 0 Å². The van der Waals surface area contributed by atoms with Crippen molar-refractivity contribution in [2.75, 3.05) is 0 Å². The second-order valence-corrected chi connectivity index (χ2v) is 11.0. The van der Waals surface area contributed by atoms with E-state index in [1.165, 1.54) is 11.1 Å². The molecule has 3 heteroatoms. The molecule has 0 saturated heterocycles. The number of ether oxygens (including phenoxy) is 1. The van der Waals surface area contributed by atoms with Gasteiger partial charge in [-0.3, -0.25) is 4.99 Å². The van der Waals surface area contributed by atoms with Gasteiger partial charge in [-0.15, -0.1) is 0 Å². The summed E-state index contributed by atoms with van der Waals surface area (Å²) >= 11 is 0. The third kappa shape index (κ3) is 9.60. The van der Waals surface area contributed by atoms with Crippen LogP contribution in [0.25, 0.3) is 0 Å². The van der Waals surface area contributed by atoms with E-state index >= 15 is 0 Å². The maximum Gasteiger partial charge on any atom is 0.331 e. The lowest BCUT2D eigenvalue weighted by Gasteiger charge is -2.33. The molecule has 29 heavy (non-hydrogen) atoms. The van der Waals surface area contributed by atoms with Gasteiger partial charge < -0.3 is 4.74 Å². The molecule has 0 amide bonds. The summed E-state index contributed by atoms with van der Waals surface area (Å²) in [5, 5.41) is 0. The van der Waals surface area contributed by atoms with Crippen molar-refractivity contribution in [3.8, 4) is 0 Å². The third-order valence-corrected chi connectivity index (χ3v) is 4.91. The second kappa shape index (κ2) is 10.4. The van der Waals surface area contributed by atoms with Crippen molar-refractivity contribution in [3.05, 3.63) is 35.4 Å². The molecule has 2 unspecified atom stereocenters.